The van der Waals surface area contributed by atoms with Gasteiger partial charge in [-0.3, -0.25) is 10.1 Å². The Kier molecular flexibility index (Phi) is 4.32. The summed E-state index contributed by atoms with van der Waals surface area (Å²) in [5.41, 5.74) is 0.321. The molecule has 2 saturated heterocycles. The molecule has 5 heteroatoms. The number of amides is 1. The van der Waals surface area contributed by atoms with E-state index in [1.165, 1.54) is 0 Å². The molecule has 0 bridgehead atoms. The maximum Gasteiger partial charge on any atom is 0.240 e. The standard InChI is InChI=1S/C10H18N2OS.ClH/c1-10(2)3-4-12(6-10)9(13)8-5-14-7-11-8;/h8,11H,3-7H2,1-2H3;1H. The molecule has 2 rings (SSSR count). The number of rotatable bonds is 1. The first-order chi connectivity index (χ1) is 6.58. The van der Waals surface area contributed by atoms with Gasteiger partial charge in [-0.25, -0.2) is 0 Å². The first-order valence-corrected chi connectivity index (χ1v) is 6.34. The summed E-state index contributed by atoms with van der Waals surface area (Å²) in [5, 5.41) is 3.23. The summed E-state index contributed by atoms with van der Waals surface area (Å²) in [7, 11) is 0. The third-order valence-electron chi connectivity index (χ3n) is 3.00. The van der Waals surface area contributed by atoms with E-state index in [0.29, 0.717) is 11.3 Å². The predicted octanol–water partition coefficient (Wildman–Crippen LogP) is 1.33. The van der Waals surface area contributed by atoms with E-state index in [4.69, 9.17) is 0 Å². The molecule has 1 amide bonds. The van der Waals surface area contributed by atoms with E-state index in [1.54, 1.807) is 0 Å². The highest BCUT2D eigenvalue weighted by atomic mass is 35.5. The van der Waals surface area contributed by atoms with E-state index >= 15 is 0 Å². The number of carbonyl (C=O) groups excluding carboxylic acids is 1. The van der Waals surface area contributed by atoms with Crippen molar-refractivity contribution in [2.75, 3.05) is 24.7 Å². The lowest BCUT2D eigenvalue weighted by atomic mass is 9.93. The molecule has 0 radical (unpaired) electrons. The summed E-state index contributed by atoms with van der Waals surface area (Å²) in [4.78, 5) is 14.0. The second kappa shape index (κ2) is 4.93. The Bertz CT molecular complexity index is 242. The van der Waals surface area contributed by atoms with Crippen LogP contribution in [-0.4, -0.2) is 41.6 Å². The Morgan fingerprint density at radius 2 is 2.27 bits per heavy atom. The Hall–Kier alpha value is 0.0700. The second-order valence-electron chi connectivity index (χ2n) is 4.95. The van der Waals surface area contributed by atoms with Gasteiger partial charge in [0.1, 0.15) is 0 Å². The van der Waals surface area contributed by atoms with Crippen LogP contribution in [0.1, 0.15) is 20.3 Å². The Morgan fingerprint density at radius 3 is 2.73 bits per heavy atom. The third kappa shape index (κ3) is 3.02. The van der Waals surface area contributed by atoms with Gasteiger partial charge in [0.25, 0.3) is 0 Å². The van der Waals surface area contributed by atoms with Crippen LogP contribution in [0.5, 0.6) is 0 Å². The predicted molar refractivity (Wildman–Crippen MR) is 66.5 cm³/mol. The van der Waals surface area contributed by atoms with Crippen molar-refractivity contribution in [2.24, 2.45) is 5.41 Å². The van der Waals surface area contributed by atoms with Crippen molar-refractivity contribution in [3.63, 3.8) is 0 Å². The first-order valence-electron chi connectivity index (χ1n) is 5.18. The van der Waals surface area contributed by atoms with Crippen molar-refractivity contribution in [3.05, 3.63) is 0 Å². The lowest BCUT2D eigenvalue weighted by Crippen LogP contribution is -2.44. The summed E-state index contributed by atoms with van der Waals surface area (Å²) in [6.07, 6.45) is 1.14. The van der Waals surface area contributed by atoms with Crippen molar-refractivity contribution in [3.8, 4) is 0 Å². The van der Waals surface area contributed by atoms with E-state index < -0.39 is 0 Å². The van der Waals surface area contributed by atoms with Crippen molar-refractivity contribution < 1.29 is 4.79 Å². The molecule has 0 aromatic rings. The maximum atomic E-state index is 12.0. The molecule has 0 aromatic carbocycles. The van der Waals surface area contributed by atoms with Crippen molar-refractivity contribution >= 4 is 30.1 Å². The minimum atomic E-state index is 0. The van der Waals surface area contributed by atoms with Crippen molar-refractivity contribution in [2.45, 2.75) is 26.3 Å². The summed E-state index contributed by atoms with van der Waals surface area (Å²) in [5.74, 6) is 2.17. The van der Waals surface area contributed by atoms with Gasteiger partial charge in [0.2, 0.25) is 5.91 Å². The fourth-order valence-electron chi connectivity index (χ4n) is 2.07. The Morgan fingerprint density at radius 1 is 1.53 bits per heavy atom. The van der Waals surface area contributed by atoms with Crippen molar-refractivity contribution in [1.29, 1.82) is 0 Å². The molecule has 0 aliphatic carbocycles. The molecule has 3 nitrogen and oxygen atoms in total. The van der Waals surface area contributed by atoms with Gasteiger partial charge in [-0.15, -0.1) is 24.2 Å². The van der Waals surface area contributed by atoms with Gasteiger partial charge in [-0.2, -0.15) is 0 Å². The zero-order valence-electron chi connectivity index (χ0n) is 9.28. The average molecular weight is 251 g/mol. The van der Waals surface area contributed by atoms with Gasteiger partial charge < -0.3 is 4.90 Å². The number of nitrogens with zero attached hydrogens (tertiary/aromatic N) is 1. The quantitative estimate of drug-likeness (QED) is 0.762. The van der Waals surface area contributed by atoms with Crippen LogP contribution in [0.4, 0.5) is 0 Å². The smallest absolute Gasteiger partial charge is 0.240 e. The molecular formula is C10H19ClN2OS. The molecule has 88 valence electrons. The molecule has 0 saturated carbocycles. The summed E-state index contributed by atoms with van der Waals surface area (Å²) in [6, 6.07) is 0.0777. The lowest BCUT2D eigenvalue weighted by Gasteiger charge is -2.22. The van der Waals surface area contributed by atoms with Crippen LogP contribution in [0.3, 0.4) is 0 Å². The number of hydrogen-bond donors (Lipinski definition) is 1. The van der Waals surface area contributed by atoms with E-state index in [1.807, 2.05) is 16.7 Å². The van der Waals surface area contributed by atoms with Gasteiger partial charge in [-0.1, -0.05) is 13.8 Å². The number of nitrogens with one attached hydrogen (secondary N) is 1. The Labute approximate surface area is 102 Å². The van der Waals surface area contributed by atoms with Crippen LogP contribution in [0, 0.1) is 5.41 Å². The van der Waals surface area contributed by atoms with Crippen LogP contribution in [0.15, 0.2) is 0 Å². The molecule has 2 aliphatic heterocycles. The van der Waals surface area contributed by atoms with Crippen LogP contribution in [-0.2, 0) is 4.79 Å². The molecule has 1 unspecified atom stereocenters. The zero-order chi connectivity index (χ0) is 10.2. The summed E-state index contributed by atoms with van der Waals surface area (Å²) >= 11 is 1.81. The zero-order valence-corrected chi connectivity index (χ0v) is 10.9. The van der Waals surface area contributed by atoms with Crippen LogP contribution < -0.4 is 5.32 Å². The van der Waals surface area contributed by atoms with Crippen molar-refractivity contribution in [1.82, 2.24) is 10.2 Å². The fourth-order valence-corrected chi connectivity index (χ4v) is 3.01. The molecule has 2 aliphatic rings. The van der Waals surface area contributed by atoms with Gasteiger partial charge in [-0.05, 0) is 11.8 Å². The lowest BCUT2D eigenvalue weighted by molar-refractivity contribution is -0.131. The molecule has 2 heterocycles. The Balaban J connectivity index is 0.00000112. The van der Waals surface area contributed by atoms with Crippen LogP contribution in [0.2, 0.25) is 0 Å². The van der Waals surface area contributed by atoms with E-state index in [0.717, 1.165) is 31.1 Å². The molecule has 1 N–H and O–H groups in total. The molecule has 2 fully saturated rings. The first kappa shape index (κ1) is 13.1. The monoisotopic (exact) mass is 250 g/mol. The minimum absolute atomic E-state index is 0. The highest BCUT2D eigenvalue weighted by Crippen LogP contribution is 2.29. The average Bonchev–Trinajstić information content (AvgIpc) is 2.72. The number of halogens is 1. The normalized spacial score (nSPS) is 28.9. The number of carbonyl (C=O) groups is 1. The molecule has 0 aromatic heterocycles. The van der Waals surface area contributed by atoms with E-state index in [-0.39, 0.29) is 18.4 Å². The minimum Gasteiger partial charge on any atom is -0.341 e. The maximum absolute atomic E-state index is 12.0. The van der Waals surface area contributed by atoms with Crippen LogP contribution >= 0.6 is 24.2 Å². The third-order valence-corrected chi connectivity index (χ3v) is 3.94. The van der Waals surface area contributed by atoms with Gasteiger partial charge in [0.05, 0.1) is 6.04 Å². The number of likely N-dealkylation sites (tertiary alicyclic amines) is 1. The highest BCUT2D eigenvalue weighted by molar-refractivity contribution is 7.99. The van der Waals surface area contributed by atoms with Crippen LogP contribution in [0.25, 0.3) is 0 Å². The molecule has 15 heavy (non-hydrogen) atoms. The molecular weight excluding hydrogens is 232 g/mol. The van der Waals surface area contributed by atoms with Gasteiger partial charge in [0, 0.05) is 24.7 Å². The summed E-state index contributed by atoms with van der Waals surface area (Å²) in [6.45, 7) is 6.33. The summed E-state index contributed by atoms with van der Waals surface area (Å²) < 4.78 is 0. The van der Waals surface area contributed by atoms with E-state index in [9.17, 15) is 4.79 Å². The highest BCUT2D eigenvalue weighted by Gasteiger charge is 2.35. The largest absolute Gasteiger partial charge is 0.341 e. The fraction of sp³-hybridized carbons (Fsp3) is 0.900. The topological polar surface area (TPSA) is 32.3 Å². The van der Waals surface area contributed by atoms with Gasteiger partial charge in [0.15, 0.2) is 0 Å². The SMILES string of the molecule is CC1(C)CCN(C(=O)C2CSCN2)C1.Cl. The second-order valence-corrected chi connectivity index (χ2v) is 5.98. The molecule has 0 spiro atoms. The van der Waals surface area contributed by atoms with Gasteiger partial charge >= 0.3 is 0 Å². The number of hydrogen-bond acceptors (Lipinski definition) is 3. The number of thioether (sulfide) groups is 1. The van der Waals surface area contributed by atoms with E-state index in [2.05, 4.69) is 19.2 Å². The molecule has 1 atom stereocenters.